The molecule has 1 aromatic heterocycles. The maximum Gasteiger partial charge on any atom is 0.321 e. The van der Waals surface area contributed by atoms with E-state index in [1.165, 1.54) is 0 Å². The van der Waals surface area contributed by atoms with E-state index in [9.17, 15) is 4.79 Å². The third-order valence-electron chi connectivity index (χ3n) is 4.06. The van der Waals surface area contributed by atoms with Gasteiger partial charge in [-0.05, 0) is 55.3 Å². The highest BCUT2D eigenvalue weighted by atomic mass is 32.2. The Bertz CT molecular complexity index is 986. The van der Waals surface area contributed by atoms with Gasteiger partial charge in [0.25, 0.3) is 5.22 Å². The molecule has 8 heteroatoms. The summed E-state index contributed by atoms with van der Waals surface area (Å²) in [6.45, 7) is 3.97. The van der Waals surface area contributed by atoms with Crippen LogP contribution in [0.3, 0.4) is 0 Å². The lowest BCUT2D eigenvalue weighted by Crippen LogP contribution is -2.10. The third-order valence-corrected chi connectivity index (χ3v) is 4.85. The number of carbonyl (C=O) groups excluding carboxylic acids is 1. The monoisotopic (exact) mass is 400 g/mol. The molecule has 28 heavy (non-hydrogen) atoms. The van der Waals surface area contributed by atoms with Crippen LogP contribution in [0.5, 0.6) is 17.2 Å². The Morgan fingerprint density at radius 2 is 1.79 bits per heavy atom. The molecule has 0 radical (unpaired) electrons. The number of ether oxygens (including phenoxy) is 3. The van der Waals surface area contributed by atoms with Gasteiger partial charge in [0, 0.05) is 5.56 Å². The molecule has 0 saturated carbocycles. The molecular formula is C20H20N2O5S. The Balaban J connectivity index is 1.61. The van der Waals surface area contributed by atoms with Gasteiger partial charge in [-0.1, -0.05) is 17.8 Å². The first-order chi connectivity index (χ1) is 13.5. The molecular weight excluding hydrogens is 380 g/mol. The second-order valence-electron chi connectivity index (χ2n) is 5.95. The third kappa shape index (κ3) is 4.64. The van der Waals surface area contributed by atoms with E-state index in [1.807, 2.05) is 26.0 Å². The van der Waals surface area contributed by atoms with Crippen LogP contribution in [0.1, 0.15) is 11.1 Å². The van der Waals surface area contributed by atoms with Gasteiger partial charge in [-0.15, -0.1) is 10.2 Å². The Hall–Kier alpha value is -3.00. The Kier molecular flexibility index (Phi) is 6.20. The lowest BCUT2D eigenvalue weighted by atomic mass is 10.1. The number of esters is 1. The van der Waals surface area contributed by atoms with Crippen molar-refractivity contribution >= 4 is 17.7 Å². The Labute approximate surface area is 167 Å². The number of carbonyl (C=O) groups is 1. The number of aromatic nitrogens is 2. The van der Waals surface area contributed by atoms with E-state index in [4.69, 9.17) is 18.6 Å². The van der Waals surface area contributed by atoms with Gasteiger partial charge in [-0.2, -0.15) is 0 Å². The molecule has 0 fully saturated rings. The first kappa shape index (κ1) is 19.8. The van der Waals surface area contributed by atoms with Crippen LogP contribution in [0, 0.1) is 13.8 Å². The van der Waals surface area contributed by atoms with Crippen molar-refractivity contribution in [3.8, 4) is 28.7 Å². The van der Waals surface area contributed by atoms with Crippen molar-refractivity contribution in [2.24, 2.45) is 0 Å². The molecule has 0 amide bonds. The number of methoxy groups -OCH3 is 2. The molecule has 0 saturated heterocycles. The normalized spacial score (nSPS) is 10.6. The average Bonchev–Trinajstić information content (AvgIpc) is 3.17. The van der Waals surface area contributed by atoms with Crippen molar-refractivity contribution in [2.75, 3.05) is 20.0 Å². The summed E-state index contributed by atoms with van der Waals surface area (Å²) in [5.41, 5.74) is 2.90. The van der Waals surface area contributed by atoms with Gasteiger partial charge in [0.2, 0.25) is 5.89 Å². The van der Waals surface area contributed by atoms with E-state index in [0.29, 0.717) is 28.7 Å². The van der Waals surface area contributed by atoms with Gasteiger partial charge in [0.05, 0.1) is 14.2 Å². The second-order valence-corrected chi connectivity index (χ2v) is 6.88. The summed E-state index contributed by atoms with van der Waals surface area (Å²) >= 11 is 1.12. The quantitative estimate of drug-likeness (QED) is 0.333. The summed E-state index contributed by atoms with van der Waals surface area (Å²) in [6, 6.07) is 10.8. The Morgan fingerprint density at radius 3 is 2.50 bits per heavy atom. The van der Waals surface area contributed by atoms with Crippen LogP contribution in [0.25, 0.3) is 11.5 Å². The van der Waals surface area contributed by atoms with Crippen LogP contribution in [0.15, 0.2) is 46.0 Å². The van der Waals surface area contributed by atoms with E-state index >= 15 is 0 Å². The van der Waals surface area contributed by atoms with Gasteiger partial charge in [-0.25, -0.2) is 0 Å². The van der Waals surface area contributed by atoms with Crippen LogP contribution in [-0.4, -0.2) is 36.1 Å². The minimum atomic E-state index is -0.390. The van der Waals surface area contributed by atoms with Crippen molar-refractivity contribution in [1.82, 2.24) is 10.2 Å². The van der Waals surface area contributed by atoms with Gasteiger partial charge in [0.1, 0.15) is 11.5 Å². The molecule has 0 aliphatic heterocycles. The molecule has 0 atom stereocenters. The zero-order valence-electron chi connectivity index (χ0n) is 16.0. The molecule has 0 bridgehead atoms. The largest absolute Gasteiger partial charge is 0.493 e. The van der Waals surface area contributed by atoms with E-state index in [0.717, 1.165) is 22.9 Å². The van der Waals surface area contributed by atoms with Crippen molar-refractivity contribution in [1.29, 1.82) is 0 Å². The maximum absolute atomic E-state index is 12.0. The minimum Gasteiger partial charge on any atom is -0.493 e. The minimum absolute atomic E-state index is 0.0560. The SMILES string of the molecule is COc1ccc(-c2nnc(SCC(=O)Oc3ccc(C)c(C)c3)o2)cc1OC. The molecule has 146 valence electrons. The Morgan fingerprint density at radius 1 is 1.00 bits per heavy atom. The maximum atomic E-state index is 12.0. The summed E-state index contributed by atoms with van der Waals surface area (Å²) in [4.78, 5) is 12.0. The molecule has 7 nitrogen and oxygen atoms in total. The molecule has 0 unspecified atom stereocenters. The van der Waals surface area contributed by atoms with E-state index < -0.39 is 0 Å². The van der Waals surface area contributed by atoms with Crippen LogP contribution < -0.4 is 14.2 Å². The number of nitrogens with zero attached hydrogens (tertiary/aromatic N) is 2. The van der Waals surface area contributed by atoms with Gasteiger partial charge < -0.3 is 18.6 Å². The summed E-state index contributed by atoms with van der Waals surface area (Å²) < 4.78 is 21.4. The predicted octanol–water partition coefficient (Wildman–Crippen LogP) is 4.07. The smallest absolute Gasteiger partial charge is 0.321 e. The molecule has 0 N–H and O–H groups in total. The summed E-state index contributed by atoms with van der Waals surface area (Å²) in [5.74, 6) is 1.68. The lowest BCUT2D eigenvalue weighted by molar-refractivity contribution is -0.131. The first-order valence-electron chi connectivity index (χ1n) is 8.46. The molecule has 3 aromatic rings. The second kappa shape index (κ2) is 8.79. The van der Waals surface area contributed by atoms with Crippen LogP contribution in [0.4, 0.5) is 0 Å². The summed E-state index contributed by atoms with van der Waals surface area (Å²) in [5, 5.41) is 8.26. The number of benzene rings is 2. The summed E-state index contributed by atoms with van der Waals surface area (Å²) in [7, 11) is 3.12. The van der Waals surface area contributed by atoms with Crippen LogP contribution in [-0.2, 0) is 4.79 Å². The highest BCUT2D eigenvalue weighted by Gasteiger charge is 2.14. The predicted molar refractivity (Wildman–Crippen MR) is 105 cm³/mol. The lowest BCUT2D eigenvalue weighted by Gasteiger charge is -2.07. The molecule has 0 aliphatic rings. The topological polar surface area (TPSA) is 83.7 Å². The number of aryl methyl sites for hydroxylation is 2. The van der Waals surface area contributed by atoms with Gasteiger partial charge >= 0.3 is 5.97 Å². The standard InChI is InChI=1S/C20H20N2O5S/c1-12-5-7-15(9-13(12)2)26-18(23)11-28-20-22-21-19(27-20)14-6-8-16(24-3)17(10-14)25-4/h5-10H,11H2,1-4H3. The molecule has 0 aliphatic carbocycles. The molecule has 2 aromatic carbocycles. The van der Waals surface area contributed by atoms with Crippen LogP contribution in [0.2, 0.25) is 0 Å². The van der Waals surface area contributed by atoms with E-state index in [1.54, 1.807) is 38.5 Å². The van der Waals surface area contributed by atoms with Crippen molar-refractivity contribution in [2.45, 2.75) is 19.1 Å². The fourth-order valence-electron chi connectivity index (χ4n) is 2.41. The van der Waals surface area contributed by atoms with Gasteiger partial charge in [-0.3, -0.25) is 4.79 Å². The zero-order valence-corrected chi connectivity index (χ0v) is 16.8. The fourth-order valence-corrected chi connectivity index (χ4v) is 2.95. The van der Waals surface area contributed by atoms with Crippen LogP contribution >= 0.6 is 11.8 Å². The number of hydrogen-bond acceptors (Lipinski definition) is 8. The fraction of sp³-hybridized carbons (Fsp3) is 0.250. The molecule has 1 heterocycles. The first-order valence-corrected chi connectivity index (χ1v) is 9.45. The number of thioether (sulfide) groups is 1. The van der Waals surface area contributed by atoms with E-state index in [-0.39, 0.29) is 16.9 Å². The summed E-state index contributed by atoms with van der Waals surface area (Å²) in [6.07, 6.45) is 0. The zero-order chi connectivity index (χ0) is 20.1. The van der Waals surface area contributed by atoms with Crippen molar-refractivity contribution in [3.63, 3.8) is 0 Å². The van der Waals surface area contributed by atoms with Crippen molar-refractivity contribution < 1.29 is 23.4 Å². The van der Waals surface area contributed by atoms with Gasteiger partial charge in [0.15, 0.2) is 11.5 Å². The number of rotatable bonds is 7. The van der Waals surface area contributed by atoms with E-state index in [2.05, 4.69) is 10.2 Å². The number of hydrogen-bond donors (Lipinski definition) is 0. The van der Waals surface area contributed by atoms with Crippen molar-refractivity contribution in [3.05, 3.63) is 47.5 Å². The molecule has 3 rings (SSSR count). The highest BCUT2D eigenvalue weighted by Crippen LogP contribution is 2.32. The molecule has 0 spiro atoms. The highest BCUT2D eigenvalue weighted by molar-refractivity contribution is 7.99. The average molecular weight is 400 g/mol.